The van der Waals surface area contributed by atoms with Crippen LogP contribution in [-0.4, -0.2) is 13.1 Å². The van der Waals surface area contributed by atoms with Gasteiger partial charge in [-0.3, -0.25) is 0 Å². The highest BCUT2D eigenvalue weighted by molar-refractivity contribution is 5.22. The highest BCUT2D eigenvalue weighted by Gasteiger charge is 2.04. The molecule has 0 aromatic rings. The quantitative estimate of drug-likeness (QED) is 0.130. The lowest BCUT2D eigenvalue weighted by Crippen LogP contribution is -2.14. The summed E-state index contributed by atoms with van der Waals surface area (Å²) in [5.41, 5.74) is 5.75. The van der Waals surface area contributed by atoms with Gasteiger partial charge in [-0.25, -0.2) is 0 Å². The Hall–Kier alpha value is -1.96. The molecule has 2 N–H and O–H groups in total. The van der Waals surface area contributed by atoms with Crippen LogP contribution in [-0.2, 0) is 0 Å². The Balaban J connectivity index is 3.56. The summed E-state index contributed by atoms with van der Waals surface area (Å²) in [7, 11) is 0. The Bertz CT molecular complexity index is 608. The molecule has 2 nitrogen and oxygen atoms in total. The molecule has 2 heteroatoms. The van der Waals surface area contributed by atoms with Crippen LogP contribution in [0.1, 0.15) is 97.8 Å². The largest absolute Gasteiger partial charge is 0.389 e. The van der Waals surface area contributed by atoms with Crippen LogP contribution >= 0.6 is 0 Å². The molecule has 0 aromatic heterocycles. The van der Waals surface area contributed by atoms with Crippen molar-refractivity contribution >= 4 is 0 Å². The molecule has 0 saturated heterocycles. The van der Waals surface area contributed by atoms with Crippen LogP contribution in [0.5, 0.6) is 0 Å². The molecule has 32 heavy (non-hydrogen) atoms. The van der Waals surface area contributed by atoms with Crippen molar-refractivity contribution < 1.29 is 0 Å². The van der Waals surface area contributed by atoms with E-state index in [0.29, 0.717) is 0 Å². The predicted molar refractivity (Wildman–Crippen MR) is 147 cm³/mol. The number of hydrogen-bond acceptors (Lipinski definition) is 2. The first-order valence-electron chi connectivity index (χ1n) is 12.7. The Kier molecular flexibility index (Phi) is 18.5. The van der Waals surface area contributed by atoms with Crippen molar-refractivity contribution in [2.24, 2.45) is 5.92 Å². The third kappa shape index (κ3) is 20.0. The van der Waals surface area contributed by atoms with E-state index in [-0.39, 0.29) is 0 Å². The van der Waals surface area contributed by atoms with Crippen molar-refractivity contribution in [3.05, 3.63) is 73.2 Å². The molecule has 0 fully saturated rings. The van der Waals surface area contributed by atoms with Crippen molar-refractivity contribution in [1.29, 1.82) is 0 Å². The molecule has 0 spiro atoms. The number of hydrogen-bond donors (Lipinski definition) is 2. The summed E-state index contributed by atoms with van der Waals surface area (Å²) in [5.74, 6) is 0.787. The maximum Gasteiger partial charge on any atom is 0.0146 e. The molecule has 0 amide bonds. The standard InChI is InChI=1S/C30H52N2/c1-25(2)17-11-9-10-14-23-31-29(7)21-13-12-18-27(5)19-15-22-30(8)32-24-16-20-28(6)26(3)4/h11,17,27,31-32H,1,3,6-10,12-16,18-24H2,2,4-5H3/b17-11+. The minimum Gasteiger partial charge on any atom is -0.389 e. The minimum absolute atomic E-state index is 0.787. The Morgan fingerprint density at radius 2 is 1.31 bits per heavy atom. The molecule has 0 aliphatic rings. The summed E-state index contributed by atoms with van der Waals surface area (Å²) in [6, 6.07) is 0. The predicted octanol–water partition coefficient (Wildman–Crippen LogP) is 8.77. The first kappa shape index (κ1) is 30.0. The van der Waals surface area contributed by atoms with Gasteiger partial charge in [0.25, 0.3) is 0 Å². The maximum absolute atomic E-state index is 4.18. The van der Waals surface area contributed by atoms with Gasteiger partial charge in [-0.2, -0.15) is 0 Å². The smallest absolute Gasteiger partial charge is 0.0146 e. The van der Waals surface area contributed by atoms with E-state index in [9.17, 15) is 0 Å². The molecule has 0 bridgehead atoms. The normalized spacial score (nSPS) is 11.8. The summed E-state index contributed by atoms with van der Waals surface area (Å²) in [6.45, 7) is 28.7. The van der Waals surface area contributed by atoms with Crippen LogP contribution in [0.2, 0.25) is 0 Å². The lowest BCUT2D eigenvalue weighted by atomic mass is 9.96. The summed E-state index contributed by atoms with van der Waals surface area (Å²) in [6.07, 6.45) is 18.5. The van der Waals surface area contributed by atoms with Gasteiger partial charge in [0, 0.05) is 24.5 Å². The van der Waals surface area contributed by atoms with Gasteiger partial charge in [0.15, 0.2) is 0 Å². The van der Waals surface area contributed by atoms with E-state index in [4.69, 9.17) is 0 Å². The zero-order valence-electron chi connectivity index (χ0n) is 21.7. The summed E-state index contributed by atoms with van der Waals surface area (Å²) < 4.78 is 0. The van der Waals surface area contributed by atoms with Gasteiger partial charge in [0.1, 0.15) is 0 Å². The van der Waals surface area contributed by atoms with E-state index in [1.165, 1.54) is 56.3 Å². The molecule has 0 aliphatic carbocycles. The fourth-order valence-corrected chi connectivity index (χ4v) is 3.53. The Labute approximate surface area is 200 Å². The van der Waals surface area contributed by atoms with E-state index in [1.54, 1.807) is 0 Å². The average Bonchev–Trinajstić information content (AvgIpc) is 2.73. The van der Waals surface area contributed by atoms with Crippen LogP contribution in [0.3, 0.4) is 0 Å². The topological polar surface area (TPSA) is 24.1 Å². The summed E-state index contributed by atoms with van der Waals surface area (Å²) in [4.78, 5) is 0. The van der Waals surface area contributed by atoms with Crippen molar-refractivity contribution in [3.8, 4) is 0 Å². The molecule has 0 heterocycles. The highest BCUT2D eigenvalue weighted by atomic mass is 14.9. The van der Waals surface area contributed by atoms with Gasteiger partial charge in [-0.1, -0.05) is 88.0 Å². The van der Waals surface area contributed by atoms with Crippen LogP contribution in [0.15, 0.2) is 73.2 Å². The molecular formula is C30H52N2. The summed E-state index contributed by atoms with van der Waals surface area (Å²) >= 11 is 0. The second kappa shape index (κ2) is 19.7. The first-order chi connectivity index (χ1) is 15.2. The van der Waals surface area contributed by atoms with Crippen molar-refractivity contribution in [3.63, 3.8) is 0 Å². The third-order valence-electron chi connectivity index (χ3n) is 5.81. The van der Waals surface area contributed by atoms with Crippen LogP contribution in [0.25, 0.3) is 0 Å². The Morgan fingerprint density at radius 3 is 1.94 bits per heavy atom. The monoisotopic (exact) mass is 440 g/mol. The number of allylic oxidation sites excluding steroid dienone is 7. The van der Waals surface area contributed by atoms with E-state index in [2.05, 4.69) is 62.6 Å². The number of unbranched alkanes of at least 4 members (excludes halogenated alkanes) is 3. The maximum atomic E-state index is 4.18. The van der Waals surface area contributed by atoms with Crippen molar-refractivity contribution in [2.45, 2.75) is 97.8 Å². The molecule has 0 radical (unpaired) electrons. The van der Waals surface area contributed by atoms with Crippen molar-refractivity contribution in [2.75, 3.05) is 13.1 Å². The zero-order chi connectivity index (χ0) is 24.2. The molecular weight excluding hydrogens is 388 g/mol. The van der Waals surface area contributed by atoms with E-state index in [1.807, 2.05) is 13.8 Å². The fraction of sp³-hybridized carbons (Fsp3) is 0.600. The second-order valence-corrected chi connectivity index (χ2v) is 9.54. The van der Waals surface area contributed by atoms with Gasteiger partial charge in [0.2, 0.25) is 0 Å². The average molecular weight is 441 g/mol. The van der Waals surface area contributed by atoms with Gasteiger partial charge in [-0.15, -0.1) is 0 Å². The third-order valence-corrected chi connectivity index (χ3v) is 5.81. The molecule has 0 aliphatic heterocycles. The zero-order valence-corrected chi connectivity index (χ0v) is 21.7. The Morgan fingerprint density at radius 1 is 0.719 bits per heavy atom. The lowest BCUT2D eigenvalue weighted by Gasteiger charge is -2.14. The SMILES string of the molecule is C=C(C)/C=C/CCCCNC(=C)CCCCC(C)CCCC(=C)NCCCC(=C)C(=C)C. The second-order valence-electron chi connectivity index (χ2n) is 9.54. The molecule has 0 rings (SSSR count). The number of nitrogens with one attached hydrogen (secondary N) is 2. The molecule has 0 aromatic carbocycles. The van der Waals surface area contributed by atoms with E-state index >= 15 is 0 Å². The minimum atomic E-state index is 0.787. The molecule has 1 atom stereocenters. The lowest BCUT2D eigenvalue weighted by molar-refractivity contribution is 0.447. The molecule has 182 valence electrons. The summed E-state index contributed by atoms with van der Waals surface area (Å²) in [5, 5.41) is 6.95. The van der Waals surface area contributed by atoms with Crippen LogP contribution in [0, 0.1) is 5.92 Å². The van der Waals surface area contributed by atoms with Gasteiger partial charge in [-0.05, 0) is 77.6 Å². The van der Waals surface area contributed by atoms with Crippen LogP contribution in [0.4, 0.5) is 0 Å². The van der Waals surface area contributed by atoms with E-state index in [0.717, 1.165) is 67.8 Å². The number of rotatable bonds is 22. The van der Waals surface area contributed by atoms with E-state index < -0.39 is 0 Å². The first-order valence-corrected chi connectivity index (χ1v) is 12.7. The van der Waals surface area contributed by atoms with Crippen LogP contribution < -0.4 is 10.6 Å². The molecule has 0 saturated carbocycles. The van der Waals surface area contributed by atoms with Crippen molar-refractivity contribution in [1.82, 2.24) is 10.6 Å². The fourth-order valence-electron chi connectivity index (χ4n) is 3.53. The van der Waals surface area contributed by atoms with Gasteiger partial charge < -0.3 is 10.6 Å². The van der Waals surface area contributed by atoms with Gasteiger partial charge in [0.05, 0.1) is 0 Å². The van der Waals surface area contributed by atoms with Gasteiger partial charge >= 0.3 is 0 Å². The molecule has 1 unspecified atom stereocenters. The highest BCUT2D eigenvalue weighted by Crippen LogP contribution is 2.18.